The first-order valence-corrected chi connectivity index (χ1v) is 9.59. The van der Waals surface area contributed by atoms with Crippen molar-refractivity contribution < 1.29 is 8.42 Å². The maximum atomic E-state index is 11.7. The molecule has 0 radical (unpaired) electrons. The largest absolute Gasteiger partial charge is 0.397 e. The van der Waals surface area contributed by atoms with Gasteiger partial charge < -0.3 is 5.73 Å². The van der Waals surface area contributed by atoms with Gasteiger partial charge in [-0.3, -0.25) is 0 Å². The summed E-state index contributed by atoms with van der Waals surface area (Å²) in [5.74, 6) is 0. The zero-order chi connectivity index (χ0) is 15.0. The highest BCUT2D eigenvalue weighted by Gasteiger charge is 2.15. The number of hydrogen-bond acceptors (Lipinski definition) is 6. The lowest BCUT2D eigenvalue weighted by atomic mass is 10.3. The number of hydrogen-bond donors (Lipinski definition) is 1. The number of nitrogens with two attached hydrogens (primary N) is 1. The first kappa shape index (κ1) is 14.4. The Morgan fingerprint density at radius 3 is 2.62 bits per heavy atom. The normalized spacial score (nSPS) is 11.9. The summed E-state index contributed by atoms with van der Waals surface area (Å²) in [5.41, 5.74) is 7.20. The number of sulfone groups is 1. The monoisotopic (exact) mass is 336 g/mol. The third-order valence-corrected chi connectivity index (χ3v) is 6.22. The number of nitrogens with zero attached hydrogens (tertiary/aromatic N) is 1. The van der Waals surface area contributed by atoms with E-state index in [1.165, 1.54) is 17.8 Å². The smallest absolute Gasteiger partial charge is 0.177 e. The van der Waals surface area contributed by atoms with Gasteiger partial charge in [-0.15, -0.1) is 11.3 Å². The van der Waals surface area contributed by atoms with Crippen LogP contribution in [0, 0.1) is 0 Å². The van der Waals surface area contributed by atoms with E-state index in [-0.39, 0.29) is 10.6 Å². The Bertz CT molecular complexity index is 884. The summed E-state index contributed by atoms with van der Waals surface area (Å²) in [6.45, 7) is 0. The molecule has 0 saturated heterocycles. The van der Waals surface area contributed by atoms with Gasteiger partial charge >= 0.3 is 0 Å². The molecular formula is C14H12N2O2S3. The lowest BCUT2D eigenvalue weighted by molar-refractivity contribution is 0.602. The molecule has 0 aliphatic rings. The van der Waals surface area contributed by atoms with Crippen LogP contribution in [0.2, 0.25) is 0 Å². The Labute approximate surface area is 130 Å². The highest BCUT2D eigenvalue weighted by Crippen LogP contribution is 2.38. The second kappa shape index (κ2) is 5.32. The van der Waals surface area contributed by atoms with Crippen LogP contribution < -0.4 is 5.73 Å². The molecule has 0 fully saturated rings. The van der Waals surface area contributed by atoms with Crippen LogP contribution in [0.4, 0.5) is 5.69 Å². The Morgan fingerprint density at radius 2 is 1.90 bits per heavy atom. The standard InChI is InChI=1S/C14H12N2O2S3/c1-21(17,18)12-8-4-7-11(13(12)15)20-14-16-9-5-2-3-6-10(9)19-14/h2-8H,15H2,1H3. The van der Waals surface area contributed by atoms with Gasteiger partial charge in [0.2, 0.25) is 0 Å². The van der Waals surface area contributed by atoms with E-state index in [9.17, 15) is 8.42 Å². The highest BCUT2D eigenvalue weighted by atomic mass is 32.2. The van der Waals surface area contributed by atoms with Gasteiger partial charge in [0, 0.05) is 11.2 Å². The molecule has 0 aliphatic heterocycles. The maximum Gasteiger partial charge on any atom is 0.177 e. The van der Waals surface area contributed by atoms with Crippen molar-refractivity contribution in [1.82, 2.24) is 4.98 Å². The summed E-state index contributed by atoms with van der Waals surface area (Å²) < 4.78 is 25.3. The van der Waals surface area contributed by atoms with Gasteiger partial charge in [-0.2, -0.15) is 0 Å². The van der Waals surface area contributed by atoms with Crippen LogP contribution in [0.1, 0.15) is 0 Å². The summed E-state index contributed by atoms with van der Waals surface area (Å²) in [6.07, 6.45) is 1.16. The zero-order valence-electron chi connectivity index (χ0n) is 11.1. The maximum absolute atomic E-state index is 11.7. The molecule has 0 saturated carbocycles. The van der Waals surface area contributed by atoms with Crippen LogP contribution in [-0.4, -0.2) is 19.7 Å². The number of fused-ring (bicyclic) bond motifs is 1. The van der Waals surface area contributed by atoms with Gasteiger partial charge in [-0.05, 0) is 24.3 Å². The van der Waals surface area contributed by atoms with Gasteiger partial charge in [0.1, 0.15) is 0 Å². The molecule has 7 heteroatoms. The molecular weight excluding hydrogens is 324 g/mol. The lowest BCUT2D eigenvalue weighted by Crippen LogP contribution is -2.03. The van der Waals surface area contributed by atoms with Crippen molar-refractivity contribution in [1.29, 1.82) is 0 Å². The number of thiazole rings is 1. The third-order valence-electron chi connectivity index (χ3n) is 2.90. The molecule has 2 N–H and O–H groups in total. The van der Waals surface area contributed by atoms with Crippen molar-refractivity contribution in [2.75, 3.05) is 12.0 Å². The average molecular weight is 336 g/mol. The Balaban J connectivity index is 2.02. The SMILES string of the molecule is CS(=O)(=O)c1cccc(Sc2nc3ccccc3s2)c1N. The zero-order valence-corrected chi connectivity index (χ0v) is 13.6. The molecule has 3 rings (SSSR count). The first-order valence-electron chi connectivity index (χ1n) is 6.07. The summed E-state index contributed by atoms with van der Waals surface area (Å²) in [7, 11) is -3.33. The molecule has 1 heterocycles. The van der Waals surface area contributed by atoms with Crippen molar-refractivity contribution >= 4 is 48.8 Å². The summed E-state index contributed by atoms with van der Waals surface area (Å²) in [6, 6.07) is 12.9. The van der Waals surface area contributed by atoms with E-state index >= 15 is 0 Å². The van der Waals surface area contributed by atoms with Gasteiger partial charge in [0.15, 0.2) is 14.2 Å². The summed E-state index contributed by atoms with van der Waals surface area (Å²) >= 11 is 2.95. The van der Waals surface area contributed by atoms with Crippen molar-refractivity contribution in [2.45, 2.75) is 14.1 Å². The molecule has 0 spiro atoms. The van der Waals surface area contributed by atoms with Crippen molar-refractivity contribution in [3.05, 3.63) is 42.5 Å². The van der Waals surface area contributed by atoms with Crippen LogP contribution in [0.5, 0.6) is 0 Å². The van der Waals surface area contributed by atoms with E-state index in [0.29, 0.717) is 4.90 Å². The van der Waals surface area contributed by atoms with E-state index in [1.807, 2.05) is 24.3 Å². The third kappa shape index (κ3) is 2.90. The molecule has 0 amide bonds. The van der Waals surface area contributed by atoms with E-state index < -0.39 is 9.84 Å². The molecule has 0 unspecified atom stereocenters. The van der Waals surface area contributed by atoms with Crippen molar-refractivity contribution in [2.24, 2.45) is 0 Å². The summed E-state index contributed by atoms with van der Waals surface area (Å²) in [4.78, 5) is 5.38. The van der Waals surface area contributed by atoms with Gasteiger partial charge in [0.25, 0.3) is 0 Å². The van der Waals surface area contributed by atoms with Crippen LogP contribution in [0.3, 0.4) is 0 Å². The van der Waals surface area contributed by atoms with Crippen LogP contribution >= 0.6 is 23.1 Å². The molecule has 3 aromatic rings. The molecule has 0 aliphatic carbocycles. The Morgan fingerprint density at radius 1 is 1.14 bits per heavy atom. The fourth-order valence-corrected chi connectivity index (χ4v) is 4.93. The number of rotatable bonds is 3. The lowest BCUT2D eigenvalue weighted by Gasteiger charge is -2.07. The van der Waals surface area contributed by atoms with Crippen molar-refractivity contribution in [3.8, 4) is 0 Å². The quantitative estimate of drug-likeness (QED) is 0.742. The number of nitrogen functional groups attached to an aromatic ring is 1. The van der Waals surface area contributed by atoms with Crippen molar-refractivity contribution in [3.63, 3.8) is 0 Å². The van der Waals surface area contributed by atoms with Gasteiger partial charge in [-0.1, -0.05) is 30.0 Å². The van der Waals surface area contributed by atoms with Crippen LogP contribution in [0.15, 0.2) is 56.6 Å². The molecule has 0 bridgehead atoms. The van der Waals surface area contributed by atoms with Gasteiger partial charge in [-0.25, -0.2) is 13.4 Å². The molecule has 0 atom stereocenters. The summed E-state index contributed by atoms with van der Waals surface area (Å²) in [5, 5.41) is 0. The Kier molecular flexibility index (Phi) is 3.64. The first-order chi connectivity index (χ1) is 9.95. The second-order valence-electron chi connectivity index (χ2n) is 4.49. The van der Waals surface area contributed by atoms with E-state index in [4.69, 9.17) is 5.73 Å². The number of para-hydroxylation sites is 2. The number of anilines is 1. The Hall–Kier alpha value is -1.57. The molecule has 4 nitrogen and oxygen atoms in total. The number of benzene rings is 2. The predicted octanol–water partition coefficient (Wildman–Crippen LogP) is 3.43. The molecule has 2 aromatic carbocycles. The second-order valence-corrected chi connectivity index (χ2v) is 8.79. The molecule has 1 aromatic heterocycles. The fourth-order valence-electron chi connectivity index (χ4n) is 1.93. The topological polar surface area (TPSA) is 73.0 Å². The minimum atomic E-state index is -3.33. The number of aromatic nitrogens is 1. The molecule has 21 heavy (non-hydrogen) atoms. The molecule has 108 valence electrons. The minimum Gasteiger partial charge on any atom is -0.397 e. The van der Waals surface area contributed by atoms with E-state index in [0.717, 1.165) is 20.8 Å². The van der Waals surface area contributed by atoms with Crippen LogP contribution in [-0.2, 0) is 9.84 Å². The minimum absolute atomic E-state index is 0.161. The fraction of sp³-hybridized carbons (Fsp3) is 0.0714. The average Bonchev–Trinajstić information content (AvgIpc) is 2.82. The van der Waals surface area contributed by atoms with E-state index in [2.05, 4.69) is 4.98 Å². The highest BCUT2D eigenvalue weighted by molar-refractivity contribution is 8.01. The van der Waals surface area contributed by atoms with Gasteiger partial charge in [0.05, 0.1) is 20.8 Å². The predicted molar refractivity (Wildman–Crippen MR) is 87.7 cm³/mol. The van der Waals surface area contributed by atoms with E-state index in [1.54, 1.807) is 23.5 Å². The van der Waals surface area contributed by atoms with Crippen LogP contribution in [0.25, 0.3) is 10.2 Å².